The highest BCUT2D eigenvalue weighted by molar-refractivity contribution is 7.91. The van der Waals surface area contributed by atoms with Crippen LogP contribution in [0.1, 0.15) is 30.4 Å². The molecule has 7 nitrogen and oxygen atoms in total. The number of hydrogen-bond acceptors (Lipinski definition) is 5. The van der Waals surface area contributed by atoms with Gasteiger partial charge in [0.2, 0.25) is 10.0 Å². The third-order valence-electron chi connectivity index (χ3n) is 4.94. The van der Waals surface area contributed by atoms with Gasteiger partial charge in [-0.15, -0.1) is 4.40 Å². The van der Waals surface area contributed by atoms with Crippen molar-refractivity contribution in [3.05, 3.63) is 53.6 Å². The van der Waals surface area contributed by atoms with Crippen LogP contribution in [0.25, 0.3) is 0 Å². The minimum absolute atomic E-state index is 0.0206. The molecular weight excluding hydrogens is 398 g/mol. The van der Waals surface area contributed by atoms with Crippen LogP contribution in [0, 0.1) is 6.92 Å². The van der Waals surface area contributed by atoms with Gasteiger partial charge >= 0.3 is 0 Å². The second-order valence-corrected chi connectivity index (χ2v) is 10.5. The molecule has 0 spiro atoms. The first-order valence-corrected chi connectivity index (χ1v) is 12.0. The first kappa shape index (κ1) is 19.1. The number of nitrogens with zero attached hydrogens (tertiary/aromatic N) is 2. The second kappa shape index (κ2) is 6.98. The number of hydrogen-bond donors (Lipinski definition) is 1. The summed E-state index contributed by atoms with van der Waals surface area (Å²) in [5.74, 6) is 0.225. The Morgan fingerprint density at radius 1 is 1.04 bits per heavy atom. The van der Waals surface area contributed by atoms with Gasteiger partial charge in [-0.3, -0.25) is 0 Å². The van der Waals surface area contributed by atoms with E-state index in [1.165, 1.54) is 22.5 Å². The molecule has 2 aromatic carbocycles. The van der Waals surface area contributed by atoms with Crippen molar-refractivity contribution in [2.24, 2.45) is 4.40 Å². The SMILES string of the molecule is Cc1cccc(C2=NS(=O)(=O)c3cc(S(=O)(=O)N4CCCCC4)ccc3N2)c1. The number of sulfonamides is 2. The van der Waals surface area contributed by atoms with E-state index in [2.05, 4.69) is 9.71 Å². The normalized spacial score (nSPS) is 19.4. The maximum absolute atomic E-state index is 12.9. The van der Waals surface area contributed by atoms with Gasteiger partial charge in [0.15, 0.2) is 5.84 Å². The molecule has 0 saturated carbocycles. The zero-order chi connectivity index (χ0) is 19.9. The Bertz CT molecular complexity index is 1170. The lowest BCUT2D eigenvalue weighted by atomic mass is 10.1. The molecule has 0 bridgehead atoms. The Balaban J connectivity index is 1.74. The van der Waals surface area contributed by atoms with Crippen LogP contribution in [0.3, 0.4) is 0 Å². The van der Waals surface area contributed by atoms with Gasteiger partial charge in [0.1, 0.15) is 4.90 Å². The highest BCUT2D eigenvalue weighted by Crippen LogP contribution is 2.32. The summed E-state index contributed by atoms with van der Waals surface area (Å²) >= 11 is 0. The van der Waals surface area contributed by atoms with Crippen molar-refractivity contribution < 1.29 is 16.8 Å². The van der Waals surface area contributed by atoms with Crippen molar-refractivity contribution in [3.8, 4) is 0 Å². The van der Waals surface area contributed by atoms with Crippen LogP contribution in [0.2, 0.25) is 0 Å². The smallest absolute Gasteiger partial charge is 0.286 e. The number of anilines is 1. The van der Waals surface area contributed by atoms with Crippen LogP contribution in [-0.2, 0) is 20.0 Å². The van der Waals surface area contributed by atoms with Gasteiger partial charge in [-0.2, -0.15) is 12.7 Å². The van der Waals surface area contributed by atoms with Crippen LogP contribution < -0.4 is 5.32 Å². The molecule has 0 amide bonds. The fourth-order valence-corrected chi connectivity index (χ4v) is 6.25. The van der Waals surface area contributed by atoms with Crippen molar-refractivity contribution in [1.82, 2.24) is 4.31 Å². The van der Waals surface area contributed by atoms with Gasteiger partial charge in [-0.1, -0.05) is 30.2 Å². The van der Waals surface area contributed by atoms with Crippen molar-refractivity contribution in [1.29, 1.82) is 0 Å². The minimum atomic E-state index is -4.02. The van der Waals surface area contributed by atoms with E-state index in [-0.39, 0.29) is 15.6 Å². The van der Waals surface area contributed by atoms with E-state index in [4.69, 9.17) is 0 Å². The Morgan fingerprint density at radius 2 is 1.79 bits per heavy atom. The Hall–Kier alpha value is -2.23. The van der Waals surface area contributed by atoms with Crippen LogP contribution >= 0.6 is 0 Å². The van der Waals surface area contributed by atoms with Crippen molar-refractivity contribution in [3.63, 3.8) is 0 Å². The topological polar surface area (TPSA) is 95.9 Å². The summed E-state index contributed by atoms with van der Waals surface area (Å²) in [6, 6.07) is 11.5. The molecule has 0 aliphatic carbocycles. The summed E-state index contributed by atoms with van der Waals surface area (Å²) in [6.45, 7) is 2.83. The summed E-state index contributed by atoms with van der Waals surface area (Å²) < 4.78 is 56.6. The maximum Gasteiger partial charge on any atom is 0.286 e. The zero-order valence-electron chi connectivity index (χ0n) is 15.4. The first-order chi connectivity index (χ1) is 13.3. The number of piperidine rings is 1. The van der Waals surface area contributed by atoms with Gasteiger partial charge < -0.3 is 5.32 Å². The highest BCUT2D eigenvalue weighted by Gasteiger charge is 2.31. The number of amidine groups is 1. The Morgan fingerprint density at radius 3 is 2.50 bits per heavy atom. The minimum Gasteiger partial charge on any atom is -0.338 e. The van der Waals surface area contributed by atoms with Gasteiger partial charge in [-0.05, 0) is 44.0 Å². The third kappa shape index (κ3) is 3.45. The third-order valence-corrected chi connectivity index (χ3v) is 8.15. The van der Waals surface area contributed by atoms with Gasteiger partial charge in [-0.25, -0.2) is 8.42 Å². The molecule has 0 aromatic heterocycles. The molecule has 1 saturated heterocycles. The molecule has 148 valence electrons. The second-order valence-electron chi connectivity index (χ2n) is 7.03. The average molecular weight is 420 g/mol. The molecule has 2 aliphatic heterocycles. The number of benzene rings is 2. The van der Waals surface area contributed by atoms with E-state index < -0.39 is 20.0 Å². The monoisotopic (exact) mass is 419 g/mol. The van der Waals surface area contributed by atoms with E-state index in [1.807, 2.05) is 25.1 Å². The summed E-state index contributed by atoms with van der Waals surface area (Å²) in [5, 5.41) is 3.02. The number of rotatable bonds is 3. The van der Waals surface area contributed by atoms with Crippen LogP contribution in [0.4, 0.5) is 5.69 Å². The van der Waals surface area contributed by atoms with E-state index in [0.29, 0.717) is 24.3 Å². The van der Waals surface area contributed by atoms with Crippen LogP contribution in [0.15, 0.2) is 56.7 Å². The summed E-state index contributed by atoms with van der Waals surface area (Å²) in [4.78, 5) is -0.144. The van der Waals surface area contributed by atoms with E-state index in [0.717, 1.165) is 24.8 Å². The fraction of sp³-hybridized carbons (Fsp3) is 0.316. The molecule has 0 unspecified atom stereocenters. The first-order valence-electron chi connectivity index (χ1n) is 9.11. The Kier molecular flexibility index (Phi) is 4.76. The molecule has 4 rings (SSSR count). The molecule has 28 heavy (non-hydrogen) atoms. The van der Waals surface area contributed by atoms with Gasteiger partial charge in [0.05, 0.1) is 10.6 Å². The van der Waals surface area contributed by atoms with Gasteiger partial charge in [0.25, 0.3) is 10.0 Å². The quantitative estimate of drug-likeness (QED) is 0.825. The molecule has 1 N–H and O–H groups in total. The summed E-state index contributed by atoms with van der Waals surface area (Å²) in [6.07, 6.45) is 2.63. The highest BCUT2D eigenvalue weighted by atomic mass is 32.2. The zero-order valence-corrected chi connectivity index (χ0v) is 17.1. The molecule has 1 fully saturated rings. The molecule has 0 atom stereocenters. The standard InChI is InChI=1S/C19H21N3O4S2/c1-14-6-5-7-15(12-14)19-20-17-9-8-16(13-18(17)27(23,24)21-19)28(25,26)22-10-3-2-4-11-22/h5-9,12-13H,2-4,10-11H2,1H3,(H,20,21). The van der Waals surface area contributed by atoms with E-state index >= 15 is 0 Å². The molecule has 0 radical (unpaired) electrons. The fourth-order valence-electron chi connectivity index (χ4n) is 3.47. The lowest BCUT2D eigenvalue weighted by Gasteiger charge is -2.26. The number of nitrogens with one attached hydrogen (secondary N) is 1. The lowest BCUT2D eigenvalue weighted by molar-refractivity contribution is 0.346. The van der Waals surface area contributed by atoms with E-state index in [1.54, 1.807) is 6.07 Å². The molecular formula is C19H21N3O4S2. The van der Waals surface area contributed by atoms with Crippen LogP contribution in [0.5, 0.6) is 0 Å². The van der Waals surface area contributed by atoms with Gasteiger partial charge in [0, 0.05) is 18.7 Å². The largest absolute Gasteiger partial charge is 0.338 e. The predicted molar refractivity (Wildman–Crippen MR) is 108 cm³/mol. The maximum atomic E-state index is 12.9. The van der Waals surface area contributed by atoms with Crippen molar-refractivity contribution in [2.45, 2.75) is 36.0 Å². The predicted octanol–water partition coefficient (Wildman–Crippen LogP) is 2.73. The van der Waals surface area contributed by atoms with Crippen LogP contribution in [-0.4, -0.2) is 40.1 Å². The number of aryl methyl sites for hydroxylation is 1. The molecule has 2 aliphatic rings. The van der Waals surface area contributed by atoms with E-state index in [9.17, 15) is 16.8 Å². The summed E-state index contributed by atoms with van der Waals surface area (Å²) in [7, 11) is -7.75. The van der Waals surface area contributed by atoms with Crippen molar-refractivity contribution >= 4 is 31.6 Å². The number of fused-ring (bicyclic) bond motifs is 1. The van der Waals surface area contributed by atoms with Crippen molar-refractivity contribution in [2.75, 3.05) is 18.4 Å². The summed E-state index contributed by atoms with van der Waals surface area (Å²) in [5.41, 5.74) is 1.96. The Labute approximate surface area is 165 Å². The lowest BCUT2D eigenvalue weighted by Crippen LogP contribution is -2.35. The average Bonchev–Trinajstić information content (AvgIpc) is 2.68. The molecule has 9 heteroatoms. The molecule has 2 aromatic rings. The molecule has 2 heterocycles.